The largest absolute Gasteiger partial charge is 0.325 e. The lowest BCUT2D eigenvalue weighted by Gasteiger charge is -2.36. The van der Waals surface area contributed by atoms with Crippen LogP contribution in [0.1, 0.15) is 32.6 Å². The molecule has 0 bridgehead atoms. The van der Waals surface area contributed by atoms with E-state index in [0.29, 0.717) is 5.13 Å². The number of thiazole rings is 1. The van der Waals surface area contributed by atoms with Gasteiger partial charge in [0, 0.05) is 5.54 Å². The standard InChI is InChI=1S/C15H19N3OS/c1-15(16)9-5-4-6-10(15)13(19)18-14-17-11-7-2-3-8-12(11)20-14/h2-3,7-8,10H,4-6,9,16H2,1H3,(H,17,18,19). The molecule has 0 saturated heterocycles. The first-order chi connectivity index (χ1) is 9.56. The Kier molecular flexibility index (Phi) is 3.48. The number of carbonyl (C=O) groups excluding carboxylic acids is 1. The molecule has 0 radical (unpaired) electrons. The van der Waals surface area contributed by atoms with Gasteiger partial charge in [-0.15, -0.1) is 0 Å². The summed E-state index contributed by atoms with van der Waals surface area (Å²) >= 11 is 1.51. The number of nitrogens with zero attached hydrogens (tertiary/aromatic N) is 1. The van der Waals surface area contributed by atoms with Crippen LogP contribution in [-0.2, 0) is 4.79 Å². The lowest BCUT2D eigenvalue weighted by atomic mass is 9.74. The molecule has 1 fully saturated rings. The molecule has 1 aliphatic carbocycles. The number of rotatable bonds is 2. The summed E-state index contributed by atoms with van der Waals surface area (Å²) in [5.74, 6) is -0.114. The number of amides is 1. The molecular weight excluding hydrogens is 270 g/mol. The third-order valence-corrected chi connectivity index (χ3v) is 5.05. The van der Waals surface area contributed by atoms with Crippen molar-refractivity contribution in [2.24, 2.45) is 11.7 Å². The monoisotopic (exact) mass is 289 g/mol. The van der Waals surface area contributed by atoms with Crippen LogP contribution in [0.3, 0.4) is 0 Å². The highest BCUT2D eigenvalue weighted by Gasteiger charge is 2.38. The van der Waals surface area contributed by atoms with Gasteiger partial charge in [0.15, 0.2) is 5.13 Å². The van der Waals surface area contributed by atoms with E-state index in [1.807, 2.05) is 31.2 Å². The minimum atomic E-state index is -0.404. The van der Waals surface area contributed by atoms with Crippen LogP contribution in [0.25, 0.3) is 10.2 Å². The second kappa shape index (κ2) is 5.14. The molecule has 2 unspecified atom stereocenters. The summed E-state index contributed by atoms with van der Waals surface area (Å²) in [5, 5.41) is 3.61. The first-order valence-electron chi connectivity index (χ1n) is 7.01. The lowest BCUT2D eigenvalue weighted by molar-refractivity contribution is -0.122. The molecule has 1 heterocycles. The zero-order valence-corrected chi connectivity index (χ0v) is 12.4. The fourth-order valence-electron chi connectivity index (χ4n) is 2.91. The Labute approximate surface area is 122 Å². The third kappa shape index (κ3) is 2.55. The van der Waals surface area contributed by atoms with Crippen molar-refractivity contribution in [1.82, 2.24) is 4.98 Å². The highest BCUT2D eigenvalue weighted by atomic mass is 32.1. The molecule has 5 heteroatoms. The summed E-state index contributed by atoms with van der Waals surface area (Å²) in [6.07, 6.45) is 3.96. The van der Waals surface area contributed by atoms with Crippen molar-refractivity contribution < 1.29 is 4.79 Å². The third-order valence-electron chi connectivity index (χ3n) is 4.09. The van der Waals surface area contributed by atoms with E-state index in [9.17, 15) is 4.79 Å². The molecule has 3 rings (SSSR count). The second-order valence-corrected chi connectivity index (χ2v) is 6.81. The number of nitrogens with two attached hydrogens (primary N) is 1. The molecule has 0 spiro atoms. The number of hydrogen-bond donors (Lipinski definition) is 2. The van der Waals surface area contributed by atoms with Crippen molar-refractivity contribution in [3.63, 3.8) is 0 Å². The maximum Gasteiger partial charge on any atom is 0.231 e. The summed E-state index contributed by atoms with van der Waals surface area (Å²) in [6, 6.07) is 7.89. The normalized spacial score (nSPS) is 26.6. The van der Waals surface area contributed by atoms with Crippen LogP contribution in [0.15, 0.2) is 24.3 Å². The number of nitrogens with one attached hydrogen (secondary N) is 1. The van der Waals surface area contributed by atoms with Gasteiger partial charge in [0.05, 0.1) is 16.1 Å². The molecule has 3 N–H and O–H groups in total. The summed E-state index contributed by atoms with van der Waals surface area (Å²) in [4.78, 5) is 16.9. The average Bonchev–Trinajstić information content (AvgIpc) is 2.80. The lowest BCUT2D eigenvalue weighted by Crippen LogP contribution is -2.51. The van der Waals surface area contributed by atoms with E-state index in [2.05, 4.69) is 10.3 Å². The van der Waals surface area contributed by atoms with Crippen molar-refractivity contribution in [3.05, 3.63) is 24.3 Å². The predicted octanol–water partition coefficient (Wildman–Crippen LogP) is 3.14. The van der Waals surface area contributed by atoms with Gasteiger partial charge in [0.25, 0.3) is 0 Å². The van der Waals surface area contributed by atoms with Crippen LogP contribution in [0.2, 0.25) is 0 Å². The summed E-state index contributed by atoms with van der Waals surface area (Å²) in [6.45, 7) is 1.98. The smallest absolute Gasteiger partial charge is 0.231 e. The molecule has 4 nitrogen and oxygen atoms in total. The number of benzene rings is 1. The van der Waals surface area contributed by atoms with Crippen molar-refractivity contribution in [2.45, 2.75) is 38.1 Å². The van der Waals surface area contributed by atoms with Crippen LogP contribution in [0.5, 0.6) is 0 Å². The number of carbonyl (C=O) groups is 1. The van der Waals surface area contributed by atoms with Gasteiger partial charge in [0.2, 0.25) is 5.91 Å². The molecule has 20 heavy (non-hydrogen) atoms. The van der Waals surface area contributed by atoms with Gasteiger partial charge in [-0.25, -0.2) is 4.98 Å². The Morgan fingerprint density at radius 1 is 1.45 bits per heavy atom. The first kappa shape index (κ1) is 13.5. The van der Waals surface area contributed by atoms with Crippen molar-refractivity contribution >= 4 is 32.6 Å². The highest BCUT2D eigenvalue weighted by molar-refractivity contribution is 7.22. The summed E-state index contributed by atoms with van der Waals surface area (Å²) < 4.78 is 1.09. The number of anilines is 1. The molecule has 1 amide bonds. The topological polar surface area (TPSA) is 68.0 Å². The van der Waals surface area contributed by atoms with Crippen LogP contribution in [-0.4, -0.2) is 16.4 Å². The highest BCUT2D eigenvalue weighted by Crippen LogP contribution is 2.33. The quantitative estimate of drug-likeness (QED) is 0.892. The Morgan fingerprint density at radius 3 is 3.00 bits per heavy atom. The summed E-state index contributed by atoms with van der Waals surface area (Å²) in [7, 11) is 0. The molecule has 1 aliphatic rings. The van der Waals surface area contributed by atoms with Crippen LogP contribution in [0.4, 0.5) is 5.13 Å². The Balaban J connectivity index is 1.78. The van der Waals surface area contributed by atoms with Crippen LogP contribution < -0.4 is 11.1 Å². The number of aromatic nitrogens is 1. The van der Waals surface area contributed by atoms with Gasteiger partial charge >= 0.3 is 0 Å². The molecule has 1 aromatic carbocycles. The Bertz CT molecular complexity index is 602. The van der Waals surface area contributed by atoms with E-state index in [1.165, 1.54) is 11.3 Å². The second-order valence-electron chi connectivity index (χ2n) is 5.78. The fraction of sp³-hybridized carbons (Fsp3) is 0.467. The Morgan fingerprint density at radius 2 is 2.25 bits per heavy atom. The minimum Gasteiger partial charge on any atom is -0.325 e. The summed E-state index contributed by atoms with van der Waals surface area (Å²) in [5.41, 5.74) is 6.79. The average molecular weight is 289 g/mol. The molecule has 1 saturated carbocycles. The van der Waals surface area contributed by atoms with Gasteiger partial charge in [0.1, 0.15) is 0 Å². The van der Waals surface area contributed by atoms with Gasteiger partial charge in [-0.1, -0.05) is 36.3 Å². The van der Waals surface area contributed by atoms with E-state index in [4.69, 9.17) is 5.73 Å². The van der Waals surface area contributed by atoms with Crippen LogP contribution >= 0.6 is 11.3 Å². The van der Waals surface area contributed by atoms with Crippen molar-refractivity contribution in [1.29, 1.82) is 0 Å². The maximum atomic E-state index is 12.4. The molecule has 1 aromatic heterocycles. The number of hydrogen-bond acceptors (Lipinski definition) is 4. The zero-order valence-electron chi connectivity index (χ0n) is 11.6. The van der Waals surface area contributed by atoms with Crippen LogP contribution in [0, 0.1) is 5.92 Å². The van der Waals surface area contributed by atoms with Gasteiger partial charge in [-0.3, -0.25) is 4.79 Å². The van der Waals surface area contributed by atoms with Gasteiger partial charge in [-0.2, -0.15) is 0 Å². The van der Waals surface area contributed by atoms with E-state index in [1.54, 1.807) is 0 Å². The molecule has 106 valence electrons. The Hall–Kier alpha value is -1.46. The molecule has 2 atom stereocenters. The van der Waals surface area contributed by atoms with Gasteiger partial charge in [-0.05, 0) is 31.9 Å². The molecule has 0 aliphatic heterocycles. The molecular formula is C15H19N3OS. The van der Waals surface area contributed by atoms with Crippen molar-refractivity contribution in [3.8, 4) is 0 Å². The van der Waals surface area contributed by atoms with Crippen molar-refractivity contribution in [2.75, 3.05) is 5.32 Å². The molecule has 2 aromatic rings. The maximum absolute atomic E-state index is 12.4. The number of para-hydroxylation sites is 1. The first-order valence-corrected chi connectivity index (χ1v) is 7.83. The fourth-order valence-corrected chi connectivity index (χ4v) is 3.78. The zero-order chi connectivity index (χ0) is 14.2. The number of fused-ring (bicyclic) bond motifs is 1. The minimum absolute atomic E-state index is 0.00811. The van der Waals surface area contributed by atoms with E-state index in [0.717, 1.165) is 35.9 Å². The predicted molar refractivity (Wildman–Crippen MR) is 82.8 cm³/mol. The van der Waals surface area contributed by atoms with E-state index < -0.39 is 5.54 Å². The SMILES string of the molecule is CC1(N)CCCCC1C(=O)Nc1nc2ccccc2s1. The van der Waals surface area contributed by atoms with E-state index in [-0.39, 0.29) is 11.8 Å². The van der Waals surface area contributed by atoms with E-state index >= 15 is 0 Å². The van der Waals surface area contributed by atoms with Gasteiger partial charge < -0.3 is 11.1 Å².